The number of hydrogen-bond acceptors (Lipinski definition) is 5. The van der Waals surface area contributed by atoms with Gasteiger partial charge in [-0.1, -0.05) is 6.07 Å². The van der Waals surface area contributed by atoms with E-state index in [-0.39, 0.29) is 0 Å². The van der Waals surface area contributed by atoms with Gasteiger partial charge in [0.15, 0.2) is 0 Å². The molecule has 6 heteroatoms. The lowest BCUT2D eigenvalue weighted by Gasteiger charge is -2.11. The fraction of sp³-hybridized carbons (Fsp3) is 0.500. The third-order valence-corrected chi connectivity index (χ3v) is 2.52. The molecule has 0 heterocycles. The highest BCUT2D eigenvalue weighted by Crippen LogP contribution is 2.12. The van der Waals surface area contributed by atoms with Crippen molar-refractivity contribution in [2.24, 2.45) is 0 Å². The second-order valence-corrected chi connectivity index (χ2v) is 3.84. The van der Waals surface area contributed by atoms with Crippen molar-refractivity contribution in [3.05, 3.63) is 23.8 Å². The number of hydrogen-bond donors (Lipinski definition) is 2. The van der Waals surface area contributed by atoms with E-state index in [9.17, 15) is 10.0 Å². The van der Waals surface area contributed by atoms with Crippen LogP contribution in [0.25, 0.3) is 0 Å². The predicted octanol–water partition coefficient (Wildman–Crippen LogP) is -0.0719. The van der Waals surface area contributed by atoms with Crippen molar-refractivity contribution in [3.8, 4) is 5.75 Å². The zero-order valence-electron chi connectivity index (χ0n) is 10.8. The minimum absolute atomic E-state index is 0.313. The zero-order chi connectivity index (χ0) is 13.4. The van der Waals surface area contributed by atoms with E-state index < -0.39 is 7.12 Å². The van der Waals surface area contributed by atoms with Gasteiger partial charge >= 0.3 is 7.12 Å². The van der Waals surface area contributed by atoms with Crippen LogP contribution in [0.5, 0.6) is 5.75 Å². The van der Waals surface area contributed by atoms with Gasteiger partial charge < -0.3 is 24.3 Å². The average molecular weight is 254 g/mol. The van der Waals surface area contributed by atoms with Gasteiger partial charge in [0.1, 0.15) is 5.75 Å². The van der Waals surface area contributed by atoms with E-state index in [1.54, 1.807) is 32.4 Å². The van der Waals surface area contributed by atoms with Crippen LogP contribution < -0.4 is 10.2 Å². The van der Waals surface area contributed by atoms with Crippen molar-refractivity contribution in [2.45, 2.75) is 13.0 Å². The monoisotopic (exact) mass is 254 g/mol. The summed E-state index contributed by atoms with van der Waals surface area (Å²) in [7, 11) is 1.70. The molecule has 0 spiro atoms. The summed E-state index contributed by atoms with van der Waals surface area (Å²) < 4.78 is 15.5. The molecular weight excluding hydrogens is 235 g/mol. The minimum Gasteiger partial charge on any atom is -0.497 e. The molecule has 0 saturated heterocycles. The van der Waals surface area contributed by atoms with Gasteiger partial charge in [-0.05, 0) is 29.6 Å². The second kappa shape index (κ2) is 8.10. The van der Waals surface area contributed by atoms with Crippen molar-refractivity contribution in [1.82, 2.24) is 0 Å². The SMILES string of the molecule is COCCCOCc1cc(OC)ccc1B(O)O. The minimum atomic E-state index is -1.51. The average Bonchev–Trinajstić information content (AvgIpc) is 2.38. The number of benzene rings is 1. The van der Waals surface area contributed by atoms with Crippen molar-refractivity contribution in [2.75, 3.05) is 27.4 Å². The fourth-order valence-electron chi connectivity index (χ4n) is 1.57. The summed E-state index contributed by atoms with van der Waals surface area (Å²) >= 11 is 0. The van der Waals surface area contributed by atoms with Crippen LogP contribution in [0, 0.1) is 0 Å². The molecule has 1 aromatic carbocycles. The van der Waals surface area contributed by atoms with Crippen LogP contribution in [0.3, 0.4) is 0 Å². The smallest absolute Gasteiger partial charge is 0.488 e. The Morgan fingerprint density at radius 2 is 1.94 bits per heavy atom. The van der Waals surface area contributed by atoms with Crippen molar-refractivity contribution < 1.29 is 24.3 Å². The fourth-order valence-corrected chi connectivity index (χ4v) is 1.57. The summed E-state index contributed by atoms with van der Waals surface area (Å²) in [5.74, 6) is 0.662. The molecule has 0 bridgehead atoms. The van der Waals surface area contributed by atoms with Gasteiger partial charge in [-0.3, -0.25) is 0 Å². The van der Waals surface area contributed by atoms with Crippen LogP contribution in [0.4, 0.5) is 0 Å². The van der Waals surface area contributed by atoms with E-state index in [4.69, 9.17) is 14.2 Å². The van der Waals surface area contributed by atoms with Crippen molar-refractivity contribution in [3.63, 3.8) is 0 Å². The summed E-state index contributed by atoms with van der Waals surface area (Å²) in [6.45, 7) is 1.52. The number of methoxy groups -OCH3 is 2. The third kappa shape index (κ3) is 4.66. The molecule has 1 aromatic rings. The van der Waals surface area contributed by atoms with Gasteiger partial charge in [-0.15, -0.1) is 0 Å². The van der Waals surface area contributed by atoms with Gasteiger partial charge in [0, 0.05) is 20.3 Å². The van der Waals surface area contributed by atoms with Gasteiger partial charge in [-0.2, -0.15) is 0 Å². The van der Waals surface area contributed by atoms with E-state index in [1.807, 2.05) is 0 Å². The van der Waals surface area contributed by atoms with E-state index >= 15 is 0 Å². The Morgan fingerprint density at radius 3 is 2.56 bits per heavy atom. The quantitative estimate of drug-likeness (QED) is 0.502. The van der Waals surface area contributed by atoms with E-state index in [0.717, 1.165) is 6.42 Å². The zero-order valence-corrected chi connectivity index (χ0v) is 10.8. The number of rotatable bonds is 8. The summed E-state index contributed by atoms with van der Waals surface area (Å²) in [5, 5.41) is 18.5. The van der Waals surface area contributed by atoms with Crippen LogP contribution >= 0.6 is 0 Å². The molecule has 0 fully saturated rings. The lowest BCUT2D eigenvalue weighted by atomic mass is 9.77. The molecule has 0 aromatic heterocycles. The summed E-state index contributed by atoms with van der Waals surface area (Å²) in [6, 6.07) is 5.05. The van der Waals surface area contributed by atoms with Crippen molar-refractivity contribution >= 4 is 12.6 Å². The summed E-state index contributed by atoms with van der Waals surface area (Å²) in [4.78, 5) is 0. The number of ether oxygens (including phenoxy) is 3. The normalized spacial score (nSPS) is 10.4. The maximum Gasteiger partial charge on any atom is 0.488 e. The first-order valence-electron chi connectivity index (χ1n) is 5.78. The molecule has 0 aliphatic rings. The van der Waals surface area contributed by atoms with E-state index in [1.165, 1.54) is 0 Å². The molecule has 0 aliphatic heterocycles. The maximum atomic E-state index is 9.25. The van der Waals surface area contributed by atoms with Crippen LogP contribution in [0.1, 0.15) is 12.0 Å². The highest BCUT2D eigenvalue weighted by atomic mass is 16.5. The van der Waals surface area contributed by atoms with Crippen LogP contribution in [0.15, 0.2) is 18.2 Å². The van der Waals surface area contributed by atoms with Crippen LogP contribution in [0.2, 0.25) is 0 Å². The molecule has 0 unspecified atom stereocenters. The van der Waals surface area contributed by atoms with Crippen molar-refractivity contribution in [1.29, 1.82) is 0 Å². The molecular formula is C12H19BO5. The molecule has 5 nitrogen and oxygen atoms in total. The lowest BCUT2D eigenvalue weighted by molar-refractivity contribution is 0.0930. The molecule has 100 valence electrons. The molecule has 0 aliphatic carbocycles. The van der Waals surface area contributed by atoms with Gasteiger partial charge in [-0.25, -0.2) is 0 Å². The Hall–Kier alpha value is -1.08. The second-order valence-electron chi connectivity index (χ2n) is 3.84. The Balaban J connectivity index is 2.60. The van der Waals surface area contributed by atoms with E-state index in [0.29, 0.717) is 36.6 Å². The standard InChI is InChI=1S/C12H19BO5/c1-16-6-3-7-18-9-10-8-11(17-2)4-5-12(10)13(14)15/h4-5,8,14-15H,3,6-7,9H2,1-2H3. The Labute approximate surface area is 107 Å². The first-order valence-corrected chi connectivity index (χ1v) is 5.78. The highest BCUT2D eigenvalue weighted by molar-refractivity contribution is 6.59. The predicted molar refractivity (Wildman–Crippen MR) is 69.0 cm³/mol. The molecule has 18 heavy (non-hydrogen) atoms. The molecule has 0 amide bonds. The van der Waals surface area contributed by atoms with Crippen LogP contribution in [-0.2, 0) is 16.1 Å². The first-order chi connectivity index (χ1) is 8.69. The molecule has 1 rings (SSSR count). The highest BCUT2D eigenvalue weighted by Gasteiger charge is 2.16. The molecule has 2 N–H and O–H groups in total. The summed E-state index contributed by atoms with van der Waals surface area (Å²) in [5.41, 5.74) is 1.14. The lowest BCUT2D eigenvalue weighted by Crippen LogP contribution is -2.33. The third-order valence-electron chi connectivity index (χ3n) is 2.52. The Morgan fingerprint density at radius 1 is 1.17 bits per heavy atom. The molecule has 0 radical (unpaired) electrons. The molecule has 0 saturated carbocycles. The Kier molecular flexibility index (Phi) is 6.74. The topological polar surface area (TPSA) is 68.2 Å². The van der Waals surface area contributed by atoms with Crippen LogP contribution in [-0.4, -0.2) is 44.6 Å². The summed E-state index contributed by atoms with van der Waals surface area (Å²) in [6.07, 6.45) is 0.803. The first kappa shape index (κ1) is 15.0. The maximum absolute atomic E-state index is 9.25. The van der Waals surface area contributed by atoms with Gasteiger partial charge in [0.25, 0.3) is 0 Å². The largest absolute Gasteiger partial charge is 0.497 e. The van der Waals surface area contributed by atoms with E-state index in [2.05, 4.69) is 0 Å². The Bertz CT molecular complexity index is 356. The molecule has 0 atom stereocenters. The van der Waals surface area contributed by atoms with Gasteiger partial charge in [0.2, 0.25) is 0 Å². The van der Waals surface area contributed by atoms with Gasteiger partial charge in [0.05, 0.1) is 13.7 Å².